The van der Waals surface area contributed by atoms with Crippen molar-refractivity contribution in [1.29, 1.82) is 0 Å². The van der Waals surface area contributed by atoms with Crippen molar-refractivity contribution in [3.8, 4) is 28.0 Å². The van der Waals surface area contributed by atoms with Crippen LogP contribution in [0.25, 0.3) is 22.3 Å². The van der Waals surface area contributed by atoms with Gasteiger partial charge in [-0.2, -0.15) is 13.2 Å². The molecular formula is C23H21F3N2O2. The summed E-state index contributed by atoms with van der Waals surface area (Å²) in [5, 5.41) is 21.9. The summed E-state index contributed by atoms with van der Waals surface area (Å²) < 4.78 is 41.0. The summed E-state index contributed by atoms with van der Waals surface area (Å²) in [5.74, 6) is -0.350. The van der Waals surface area contributed by atoms with Crippen LogP contribution in [-0.4, -0.2) is 16.1 Å². The third-order valence-electron chi connectivity index (χ3n) is 4.88. The number of rotatable bonds is 4. The fraction of sp³-hybridized carbons (Fsp3) is 0.174. The van der Waals surface area contributed by atoms with E-state index in [4.69, 9.17) is 5.73 Å². The summed E-state index contributed by atoms with van der Waals surface area (Å²) in [4.78, 5) is 0. The lowest BCUT2D eigenvalue weighted by molar-refractivity contribution is -0.137. The van der Waals surface area contributed by atoms with Gasteiger partial charge in [-0.05, 0) is 52.4 Å². The van der Waals surface area contributed by atoms with Crippen LogP contribution >= 0.6 is 0 Å². The molecule has 30 heavy (non-hydrogen) atoms. The molecule has 0 fully saturated rings. The fourth-order valence-corrected chi connectivity index (χ4v) is 3.45. The van der Waals surface area contributed by atoms with Crippen molar-refractivity contribution in [3.63, 3.8) is 0 Å². The van der Waals surface area contributed by atoms with E-state index in [9.17, 15) is 23.5 Å². The van der Waals surface area contributed by atoms with Gasteiger partial charge < -0.3 is 16.0 Å². The predicted octanol–water partition coefficient (Wildman–Crippen LogP) is 5.96. The number of nitrogens with zero attached hydrogens (tertiary/aromatic N) is 1. The highest BCUT2D eigenvalue weighted by Gasteiger charge is 2.33. The molecule has 0 amide bonds. The Bertz CT molecular complexity index is 1090. The molecule has 4 nitrogen and oxygen atoms in total. The molecular weight excluding hydrogens is 393 g/mol. The van der Waals surface area contributed by atoms with Crippen molar-refractivity contribution in [2.24, 2.45) is 10.9 Å². The number of phenols is 1. The number of oxime groups is 1. The van der Waals surface area contributed by atoms with Crippen LogP contribution in [0.15, 0.2) is 65.8 Å². The summed E-state index contributed by atoms with van der Waals surface area (Å²) in [6.07, 6.45) is -4.63. The van der Waals surface area contributed by atoms with Gasteiger partial charge in [0.15, 0.2) is 5.84 Å². The second kappa shape index (κ2) is 8.10. The van der Waals surface area contributed by atoms with Crippen molar-refractivity contribution in [2.75, 3.05) is 0 Å². The van der Waals surface area contributed by atoms with Crippen molar-refractivity contribution < 1.29 is 23.5 Å². The Kier molecular flexibility index (Phi) is 5.73. The summed E-state index contributed by atoms with van der Waals surface area (Å²) in [5.41, 5.74) is 7.63. The number of phenolic OH excluding ortho intramolecular Hbond substituents is 1. The minimum Gasteiger partial charge on any atom is -0.508 e. The average molecular weight is 414 g/mol. The van der Waals surface area contributed by atoms with Crippen LogP contribution < -0.4 is 5.73 Å². The first-order chi connectivity index (χ1) is 14.1. The Morgan fingerprint density at radius 3 is 2.17 bits per heavy atom. The zero-order valence-electron chi connectivity index (χ0n) is 16.4. The van der Waals surface area contributed by atoms with Gasteiger partial charge in [0.05, 0.1) is 5.56 Å². The van der Waals surface area contributed by atoms with Gasteiger partial charge in [-0.25, -0.2) is 0 Å². The van der Waals surface area contributed by atoms with Crippen molar-refractivity contribution in [2.45, 2.75) is 25.9 Å². The van der Waals surface area contributed by atoms with Crippen molar-refractivity contribution >= 4 is 5.84 Å². The number of halogens is 3. The SMILES string of the molecule is CC(C)c1ccccc1-c1c(/C(N)=N/O)cc(C(F)(F)F)cc1-c1ccc(O)cc1. The third kappa shape index (κ3) is 4.10. The first kappa shape index (κ1) is 21.2. The molecule has 156 valence electrons. The molecule has 3 rings (SSSR count). The minimum absolute atomic E-state index is 0.00786. The highest BCUT2D eigenvalue weighted by Crippen LogP contribution is 2.43. The number of alkyl halides is 3. The van der Waals surface area contributed by atoms with Crippen LogP contribution in [0.2, 0.25) is 0 Å². The van der Waals surface area contributed by atoms with E-state index in [0.29, 0.717) is 16.7 Å². The van der Waals surface area contributed by atoms with Crippen LogP contribution in [-0.2, 0) is 6.18 Å². The second-order valence-electron chi connectivity index (χ2n) is 7.22. The van der Waals surface area contributed by atoms with E-state index in [1.807, 2.05) is 26.0 Å². The van der Waals surface area contributed by atoms with E-state index >= 15 is 0 Å². The Labute approximate surface area is 172 Å². The van der Waals surface area contributed by atoms with E-state index in [0.717, 1.165) is 17.7 Å². The van der Waals surface area contributed by atoms with Gasteiger partial charge >= 0.3 is 6.18 Å². The predicted molar refractivity (Wildman–Crippen MR) is 111 cm³/mol. The van der Waals surface area contributed by atoms with Crippen LogP contribution in [0.3, 0.4) is 0 Å². The van der Waals surface area contributed by atoms with E-state index in [1.54, 1.807) is 12.1 Å². The minimum atomic E-state index is -4.63. The number of aromatic hydroxyl groups is 1. The van der Waals surface area contributed by atoms with Gasteiger partial charge in [0, 0.05) is 11.1 Å². The standard InChI is InChI=1S/C23H21F3N2O2/c1-13(2)17-5-3-4-6-18(17)21-19(14-7-9-16(29)10-8-14)11-15(23(24,25)26)12-20(21)22(27)28-30/h3-13,29-30H,1-2H3,(H2,27,28). The normalized spacial score (nSPS) is 12.4. The number of benzene rings is 3. The number of hydrogen-bond donors (Lipinski definition) is 3. The van der Waals surface area contributed by atoms with Gasteiger partial charge in [0.2, 0.25) is 0 Å². The molecule has 4 N–H and O–H groups in total. The van der Waals surface area contributed by atoms with E-state index in [2.05, 4.69) is 5.16 Å². The van der Waals surface area contributed by atoms with E-state index < -0.39 is 17.6 Å². The van der Waals surface area contributed by atoms with Crippen molar-refractivity contribution in [3.05, 3.63) is 77.4 Å². The Hall–Kier alpha value is -3.48. The Morgan fingerprint density at radius 1 is 0.967 bits per heavy atom. The third-order valence-corrected chi connectivity index (χ3v) is 4.88. The first-order valence-corrected chi connectivity index (χ1v) is 9.25. The molecule has 0 aliphatic heterocycles. The topological polar surface area (TPSA) is 78.8 Å². The van der Waals surface area contributed by atoms with Gasteiger partial charge in [-0.3, -0.25) is 0 Å². The summed E-state index contributed by atoms with van der Waals surface area (Å²) in [7, 11) is 0. The fourth-order valence-electron chi connectivity index (χ4n) is 3.45. The quantitative estimate of drug-likeness (QED) is 0.213. The van der Waals surface area contributed by atoms with Gasteiger partial charge in [0.25, 0.3) is 0 Å². The molecule has 0 unspecified atom stereocenters. The lowest BCUT2D eigenvalue weighted by Gasteiger charge is -2.21. The molecule has 0 aliphatic rings. The molecule has 0 atom stereocenters. The maximum Gasteiger partial charge on any atom is 0.416 e. The van der Waals surface area contributed by atoms with E-state index in [-0.39, 0.29) is 22.8 Å². The molecule has 0 saturated carbocycles. The molecule has 0 heterocycles. The average Bonchev–Trinajstić information content (AvgIpc) is 2.72. The highest BCUT2D eigenvalue weighted by molar-refractivity contribution is 6.07. The molecule has 0 aliphatic carbocycles. The molecule has 0 bridgehead atoms. The zero-order valence-corrected chi connectivity index (χ0v) is 16.4. The zero-order chi connectivity index (χ0) is 22.1. The molecule has 3 aromatic carbocycles. The maximum atomic E-state index is 13.7. The molecule has 7 heteroatoms. The lowest BCUT2D eigenvalue weighted by Crippen LogP contribution is -2.17. The Balaban J connectivity index is 2.49. The monoisotopic (exact) mass is 414 g/mol. The van der Waals surface area contributed by atoms with Crippen LogP contribution in [0.1, 0.15) is 36.5 Å². The Morgan fingerprint density at radius 2 is 1.60 bits per heavy atom. The highest BCUT2D eigenvalue weighted by atomic mass is 19.4. The van der Waals surface area contributed by atoms with Gasteiger partial charge in [-0.15, -0.1) is 0 Å². The van der Waals surface area contributed by atoms with Crippen LogP contribution in [0.5, 0.6) is 5.75 Å². The van der Waals surface area contributed by atoms with Crippen molar-refractivity contribution in [1.82, 2.24) is 0 Å². The number of hydrogen-bond acceptors (Lipinski definition) is 3. The van der Waals surface area contributed by atoms with Gasteiger partial charge in [0.1, 0.15) is 5.75 Å². The summed E-state index contributed by atoms with van der Waals surface area (Å²) >= 11 is 0. The van der Waals surface area contributed by atoms with Crippen LogP contribution in [0, 0.1) is 0 Å². The maximum absolute atomic E-state index is 13.7. The molecule has 0 aromatic heterocycles. The molecule has 0 saturated heterocycles. The van der Waals surface area contributed by atoms with Gasteiger partial charge in [-0.1, -0.05) is 55.4 Å². The number of amidine groups is 1. The summed E-state index contributed by atoms with van der Waals surface area (Å²) in [6, 6.07) is 15.1. The van der Waals surface area contributed by atoms with E-state index in [1.165, 1.54) is 24.3 Å². The van der Waals surface area contributed by atoms with Crippen LogP contribution in [0.4, 0.5) is 13.2 Å². The second-order valence-corrected chi connectivity index (χ2v) is 7.22. The number of nitrogens with two attached hydrogens (primary N) is 1. The molecule has 0 spiro atoms. The molecule has 0 radical (unpaired) electrons. The summed E-state index contributed by atoms with van der Waals surface area (Å²) in [6.45, 7) is 3.96. The smallest absolute Gasteiger partial charge is 0.416 e. The molecule has 3 aromatic rings. The first-order valence-electron chi connectivity index (χ1n) is 9.25. The largest absolute Gasteiger partial charge is 0.508 e. The lowest BCUT2D eigenvalue weighted by atomic mass is 9.84.